The van der Waals surface area contributed by atoms with E-state index in [9.17, 15) is 0 Å². The summed E-state index contributed by atoms with van der Waals surface area (Å²) in [6.45, 7) is 4.20. The Morgan fingerprint density at radius 2 is 2.17 bits per heavy atom. The van der Waals surface area contributed by atoms with Crippen LogP contribution in [0.15, 0.2) is 18.2 Å². The molecule has 0 saturated carbocycles. The molecule has 0 unspecified atom stereocenters. The van der Waals surface area contributed by atoms with Gasteiger partial charge in [-0.2, -0.15) is 0 Å². The van der Waals surface area contributed by atoms with Crippen molar-refractivity contribution in [1.82, 2.24) is 0 Å². The maximum absolute atomic E-state index is 5.54. The molecule has 1 nitrogen and oxygen atoms in total. The van der Waals surface area contributed by atoms with Crippen LogP contribution >= 0.6 is 0 Å². The molecule has 0 aromatic heterocycles. The van der Waals surface area contributed by atoms with Gasteiger partial charge in [-0.3, -0.25) is 0 Å². The fourth-order valence-corrected chi connectivity index (χ4v) is 1.33. The maximum Gasteiger partial charge on any atom is 0.00201 e. The minimum absolute atomic E-state index is 1.05. The minimum Gasteiger partial charge on any atom is -0.404 e. The molecule has 1 heteroatoms. The van der Waals surface area contributed by atoms with E-state index in [4.69, 9.17) is 5.73 Å². The second-order valence-corrected chi connectivity index (χ2v) is 2.86. The lowest BCUT2D eigenvalue weighted by Crippen LogP contribution is -2.28. The SMILES string of the molecule is CC/C=c1/cccc(C)/c1=C/N. The molecule has 0 aliphatic heterocycles. The van der Waals surface area contributed by atoms with Gasteiger partial charge >= 0.3 is 0 Å². The van der Waals surface area contributed by atoms with E-state index in [-0.39, 0.29) is 0 Å². The molecule has 64 valence electrons. The van der Waals surface area contributed by atoms with Gasteiger partial charge in [-0.1, -0.05) is 31.2 Å². The Morgan fingerprint density at radius 1 is 1.42 bits per heavy atom. The second-order valence-electron chi connectivity index (χ2n) is 2.86. The van der Waals surface area contributed by atoms with Gasteiger partial charge in [0.05, 0.1) is 0 Å². The van der Waals surface area contributed by atoms with Crippen molar-refractivity contribution >= 4 is 12.3 Å². The first-order valence-electron chi connectivity index (χ1n) is 4.27. The first-order valence-corrected chi connectivity index (χ1v) is 4.27. The van der Waals surface area contributed by atoms with Gasteiger partial charge in [0, 0.05) is 6.20 Å². The second kappa shape index (κ2) is 3.96. The topological polar surface area (TPSA) is 26.0 Å². The van der Waals surface area contributed by atoms with Crippen LogP contribution in [0.1, 0.15) is 18.9 Å². The Kier molecular flexibility index (Phi) is 2.92. The van der Waals surface area contributed by atoms with Gasteiger partial charge in [-0.25, -0.2) is 0 Å². The van der Waals surface area contributed by atoms with Crippen LogP contribution in [0.25, 0.3) is 12.3 Å². The summed E-state index contributed by atoms with van der Waals surface area (Å²) in [6.07, 6.45) is 4.91. The Bertz CT molecular complexity index is 363. The number of aryl methyl sites for hydroxylation is 1. The van der Waals surface area contributed by atoms with Crippen LogP contribution in [-0.2, 0) is 0 Å². The normalized spacial score (nSPS) is 13.8. The van der Waals surface area contributed by atoms with Crippen LogP contribution in [0.2, 0.25) is 0 Å². The van der Waals surface area contributed by atoms with Crippen LogP contribution in [0, 0.1) is 6.92 Å². The van der Waals surface area contributed by atoms with E-state index in [0.29, 0.717) is 0 Å². The van der Waals surface area contributed by atoms with Gasteiger partial charge in [0.1, 0.15) is 0 Å². The highest BCUT2D eigenvalue weighted by Gasteiger charge is 1.87. The van der Waals surface area contributed by atoms with Gasteiger partial charge in [-0.05, 0) is 29.3 Å². The zero-order valence-corrected chi connectivity index (χ0v) is 7.67. The molecule has 0 spiro atoms. The molecule has 0 aliphatic carbocycles. The van der Waals surface area contributed by atoms with Crippen molar-refractivity contribution < 1.29 is 0 Å². The smallest absolute Gasteiger partial charge is 0.00201 e. The van der Waals surface area contributed by atoms with E-state index in [1.165, 1.54) is 10.8 Å². The minimum atomic E-state index is 1.05. The highest BCUT2D eigenvalue weighted by atomic mass is 14.5. The zero-order valence-electron chi connectivity index (χ0n) is 7.67. The monoisotopic (exact) mass is 161 g/mol. The highest BCUT2D eigenvalue weighted by Crippen LogP contribution is 1.83. The Hall–Kier alpha value is -1.24. The molecule has 2 N–H and O–H groups in total. The summed E-state index contributed by atoms with van der Waals surface area (Å²) >= 11 is 0. The molecule has 0 amide bonds. The molecule has 1 rings (SSSR count). The standard InChI is InChI=1S/C11H15N/c1-3-5-10-7-4-6-9(2)11(10)8-12/h4-8H,3,12H2,1-2H3/b10-5-,11-8-. The number of benzene rings is 1. The molecule has 0 radical (unpaired) electrons. The molecule has 0 fully saturated rings. The maximum atomic E-state index is 5.54. The van der Waals surface area contributed by atoms with Crippen molar-refractivity contribution in [3.8, 4) is 0 Å². The zero-order chi connectivity index (χ0) is 8.97. The lowest BCUT2D eigenvalue weighted by Gasteiger charge is -1.94. The van der Waals surface area contributed by atoms with Gasteiger partial charge in [0.2, 0.25) is 0 Å². The van der Waals surface area contributed by atoms with Crippen molar-refractivity contribution in [2.75, 3.05) is 0 Å². The van der Waals surface area contributed by atoms with Crippen LogP contribution < -0.4 is 16.2 Å². The van der Waals surface area contributed by atoms with Gasteiger partial charge in [0.15, 0.2) is 0 Å². The fraction of sp³-hybridized carbons (Fsp3) is 0.273. The third-order valence-corrected chi connectivity index (χ3v) is 1.95. The summed E-state index contributed by atoms with van der Waals surface area (Å²) < 4.78 is 0. The van der Waals surface area contributed by atoms with Crippen LogP contribution in [0.5, 0.6) is 0 Å². The Labute approximate surface area is 73.2 Å². The fourth-order valence-electron chi connectivity index (χ4n) is 1.33. The van der Waals surface area contributed by atoms with Crippen LogP contribution in [0.3, 0.4) is 0 Å². The van der Waals surface area contributed by atoms with Crippen molar-refractivity contribution in [3.05, 3.63) is 34.2 Å². The number of rotatable bonds is 1. The highest BCUT2D eigenvalue weighted by molar-refractivity contribution is 5.33. The van der Waals surface area contributed by atoms with Crippen molar-refractivity contribution in [1.29, 1.82) is 0 Å². The van der Waals surface area contributed by atoms with E-state index in [0.717, 1.165) is 11.6 Å². The summed E-state index contributed by atoms with van der Waals surface area (Å²) in [5, 5.41) is 2.39. The Morgan fingerprint density at radius 3 is 2.75 bits per heavy atom. The first-order chi connectivity index (χ1) is 5.79. The molecule has 0 aliphatic rings. The molecular formula is C11H15N. The predicted molar refractivity (Wildman–Crippen MR) is 53.8 cm³/mol. The van der Waals surface area contributed by atoms with E-state index < -0.39 is 0 Å². The average Bonchev–Trinajstić information content (AvgIpc) is 2.05. The average molecular weight is 161 g/mol. The molecule has 0 atom stereocenters. The largest absolute Gasteiger partial charge is 0.404 e. The molecule has 0 bridgehead atoms. The molecule has 0 saturated heterocycles. The van der Waals surface area contributed by atoms with Crippen LogP contribution in [-0.4, -0.2) is 0 Å². The number of hydrogen-bond acceptors (Lipinski definition) is 1. The Balaban J connectivity index is 3.50. The summed E-state index contributed by atoms with van der Waals surface area (Å²) in [7, 11) is 0. The quantitative estimate of drug-likeness (QED) is 0.650. The van der Waals surface area contributed by atoms with E-state index in [2.05, 4.69) is 38.1 Å². The lowest BCUT2D eigenvalue weighted by molar-refractivity contribution is 1.27. The third kappa shape index (κ3) is 1.67. The number of nitrogens with two attached hydrogens (primary N) is 1. The summed E-state index contributed by atoms with van der Waals surface area (Å²) in [6, 6.07) is 6.23. The van der Waals surface area contributed by atoms with Gasteiger partial charge < -0.3 is 5.73 Å². The van der Waals surface area contributed by atoms with E-state index in [1.807, 2.05) is 0 Å². The molecule has 1 aromatic carbocycles. The summed E-state index contributed by atoms with van der Waals surface area (Å²) in [5.41, 5.74) is 6.77. The molecule has 12 heavy (non-hydrogen) atoms. The first kappa shape index (κ1) is 8.85. The van der Waals surface area contributed by atoms with Crippen molar-refractivity contribution in [2.45, 2.75) is 20.3 Å². The predicted octanol–water partition coefficient (Wildman–Crippen LogP) is 0.882. The molecule has 0 heterocycles. The lowest BCUT2D eigenvalue weighted by atomic mass is 10.1. The molecular weight excluding hydrogens is 146 g/mol. The van der Waals surface area contributed by atoms with Gasteiger partial charge in [0.25, 0.3) is 0 Å². The van der Waals surface area contributed by atoms with Crippen molar-refractivity contribution in [2.24, 2.45) is 5.73 Å². The van der Waals surface area contributed by atoms with Crippen LogP contribution in [0.4, 0.5) is 0 Å². The van der Waals surface area contributed by atoms with E-state index in [1.54, 1.807) is 6.20 Å². The summed E-state index contributed by atoms with van der Waals surface area (Å²) in [5.74, 6) is 0. The van der Waals surface area contributed by atoms with E-state index >= 15 is 0 Å². The third-order valence-electron chi connectivity index (χ3n) is 1.95. The summed E-state index contributed by atoms with van der Waals surface area (Å²) in [4.78, 5) is 0. The molecule has 1 aromatic rings. The van der Waals surface area contributed by atoms with Crippen molar-refractivity contribution in [3.63, 3.8) is 0 Å². The number of hydrogen-bond donors (Lipinski definition) is 1. The van der Waals surface area contributed by atoms with Gasteiger partial charge in [-0.15, -0.1) is 0 Å².